The lowest BCUT2D eigenvalue weighted by Gasteiger charge is -2.22. The summed E-state index contributed by atoms with van der Waals surface area (Å²) in [7, 11) is 0. The minimum atomic E-state index is -0.157. The van der Waals surface area contributed by atoms with E-state index in [1.54, 1.807) is 6.20 Å². The van der Waals surface area contributed by atoms with Crippen molar-refractivity contribution in [3.63, 3.8) is 0 Å². The zero-order valence-corrected chi connectivity index (χ0v) is 9.13. The van der Waals surface area contributed by atoms with Crippen LogP contribution in [0, 0.1) is 0 Å². The van der Waals surface area contributed by atoms with Gasteiger partial charge in [0, 0.05) is 31.0 Å². The maximum absolute atomic E-state index is 9.68. The first kappa shape index (κ1) is 10.6. The van der Waals surface area contributed by atoms with E-state index in [0.29, 0.717) is 6.04 Å². The quantitative estimate of drug-likeness (QED) is 0.770. The molecular formula is C11H19N3O. The van der Waals surface area contributed by atoms with E-state index in [2.05, 4.69) is 21.8 Å². The Morgan fingerprint density at radius 3 is 3.07 bits per heavy atom. The minimum absolute atomic E-state index is 0.157. The Morgan fingerprint density at radius 2 is 2.47 bits per heavy atom. The molecule has 0 bridgehead atoms. The van der Waals surface area contributed by atoms with Gasteiger partial charge in [0.1, 0.15) is 0 Å². The number of hydrogen-bond donors (Lipinski definition) is 2. The molecule has 0 spiro atoms. The van der Waals surface area contributed by atoms with Crippen LogP contribution in [-0.2, 0) is 6.54 Å². The summed E-state index contributed by atoms with van der Waals surface area (Å²) in [4.78, 5) is 4.01. The first-order valence-electron chi connectivity index (χ1n) is 5.65. The largest absolute Gasteiger partial charge is 0.392 e. The monoisotopic (exact) mass is 209 g/mol. The predicted molar refractivity (Wildman–Crippen MR) is 58.5 cm³/mol. The van der Waals surface area contributed by atoms with Crippen LogP contribution < -0.4 is 5.32 Å². The highest BCUT2D eigenvalue weighted by atomic mass is 16.3. The molecule has 0 aromatic carbocycles. The van der Waals surface area contributed by atoms with E-state index in [1.165, 1.54) is 0 Å². The number of nitrogens with zero attached hydrogens (tertiary/aromatic N) is 2. The second kappa shape index (κ2) is 4.77. The van der Waals surface area contributed by atoms with E-state index >= 15 is 0 Å². The highest BCUT2D eigenvalue weighted by Gasteiger charge is 2.25. The van der Waals surface area contributed by atoms with Crippen molar-refractivity contribution in [1.82, 2.24) is 14.9 Å². The Balaban J connectivity index is 1.79. The molecule has 0 radical (unpaired) electrons. The molecule has 1 aromatic rings. The third kappa shape index (κ3) is 2.79. The number of aromatic nitrogens is 2. The summed E-state index contributed by atoms with van der Waals surface area (Å²) in [5, 5.41) is 13.2. The second-order valence-electron chi connectivity index (χ2n) is 4.43. The van der Waals surface area contributed by atoms with Gasteiger partial charge >= 0.3 is 0 Å². The molecule has 1 aliphatic carbocycles. The van der Waals surface area contributed by atoms with Crippen LogP contribution in [0.5, 0.6) is 0 Å². The Hall–Kier alpha value is -0.870. The summed E-state index contributed by atoms with van der Waals surface area (Å²) >= 11 is 0. The molecule has 0 aliphatic heterocycles. The lowest BCUT2D eigenvalue weighted by atomic mass is 10.2. The van der Waals surface area contributed by atoms with Crippen molar-refractivity contribution in [2.75, 3.05) is 0 Å². The molecule has 1 fully saturated rings. The van der Waals surface area contributed by atoms with Gasteiger partial charge in [0.2, 0.25) is 0 Å². The van der Waals surface area contributed by atoms with Crippen LogP contribution >= 0.6 is 0 Å². The van der Waals surface area contributed by atoms with Gasteiger partial charge in [-0.25, -0.2) is 4.98 Å². The fourth-order valence-corrected chi connectivity index (χ4v) is 2.26. The minimum Gasteiger partial charge on any atom is -0.392 e. The van der Waals surface area contributed by atoms with Gasteiger partial charge < -0.3 is 15.0 Å². The summed E-state index contributed by atoms with van der Waals surface area (Å²) < 4.78 is 2.05. The van der Waals surface area contributed by atoms with Gasteiger partial charge in [-0.2, -0.15) is 0 Å². The number of hydrogen-bond acceptors (Lipinski definition) is 3. The molecule has 3 atom stereocenters. The van der Waals surface area contributed by atoms with Gasteiger partial charge in [0.05, 0.1) is 12.4 Å². The number of aliphatic hydroxyl groups excluding tert-OH is 1. The molecule has 1 aromatic heterocycles. The Kier molecular flexibility index (Phi) is 3.38. The Labute approximate surface area is 90.3 Å². The highest BCUT2D eigenvalue weighted by molar-refractivity contribution is 4.85. The number of nitrogens with one attached hydrogen (secondary N) is 1. The van der Waals surface area contributed by atoms with Crippen LogP contribution in [0.1, 0.15) is 26.2 Å². The standard InChI is InChI=1S/C11H19N3O/c1-9(7-14-6-5-12-8-14)13-10-3-2-4-11(10)15/h5-6,8-11,13,15H,2-4,7H2,1H3. The molecular weight excluding hydrogens is 190 g/mol. The maximum atomic E-state index is 9.68. The van der Waals surface area contributed by atoms with E-state index < -0.39 is 0 Å². The molecule has 0 saturated heterocycles. The number of imidazole rings is 1. The van der Waals surface area contributed by atoms with Crippen molar-refractivity contribution in [3.8, 4) is 0 Å². The first-order chi connectivity index (χ1) is 7.25. The van der Waals surface area contributed by atoms with E-state index in [1.807, 2.05) is 12.5 Å². The molecule has 2 N–H and O–H groups in total. The average molecular weight is 209 g/mol. The van der Waals surface area contributed by atoms with Crippen molar-refractivity contribution < 1.29 is 5.11 Å². The van der Waals surface area contributed by atoms with E-state index in [9.17, 15) is 5.11 Å². The van der Waals surface area contributed by atoms with Gasteiger partial charge in [0.25, 0.3) is 0 Å². The zero-order valence-electron chi connectivity index (χ0n) is 9.13. The molecule has 1 heterocycles. The normalized spacial score (nSPS) is 28.1. The molecule has 1 saturated carbocycles. The summed E-state index contributed by atoms with van der Waals surface area (Å²) in [5.74, 6) is 0. The number of rotatable bonds is 4. The molecule has 1 aliphatic rings. The summed E-state index contributed by atoms with van der Waals surface area (Å²) in [6.45, 7) is 3.05. The van der Waals surface area contributed by atoms with E-state index in [0.717, 1.165) is 25.8 Å². The Bertz CT molecular complexity index is 286. The zero-order chi connectivity index (χ0) is 10.7. The van der Waals surface area contributed by atoms with Gasteiger partial charge in [0.15, 0.2) is 0 Å². The van der Waals surface area contributed by atoms with Crippen LogP contribution in [0.25, 0.3) is 0 Å². The fraction of sp³-hybridized carbons (Fsp3) is 0.727. The van der Waals surface area contributed by atoms with Gasteiger partial charge in [-0.05, 0) is 26.2 Å². The SMILES string of the molecule is CC(Cn1ccnc1)NC1CCCC1O. The lowest BCUT2D eigenvalue weighted by Crippen LogP contribution is -2.42. The summed E-state index contributed by atoms with van der Waals surface area (Å²) in [6.07, 6.45) is 8.58. The van der Waals surface area contributed by atoms with Crippen LogP contribution in [0.4, 0.5) is 0 Å². The van der Waals surface area contributed by atoms with E-state index in [-0.39, 0.29) is 12.1 Å². The van der Waals surface area contributed by atoms with Crippen LogP contribution in [0.2, 0.25) is 0 Å². The molecule has 2 rings (SSSR count). The molecule has 0 amide bonds. The summed E-state index contributed by atoms with van der Waals surface area (Å²) in [6, 6.07) is 0.653. The van der Waals surface area contributed by atoms with Crippen LogP contribution in [0.3, 0.4) is 0 Å². The van der Waals surface area contributed by atoms with Gasteiger partial charge in [-0.1, -0.05) is 0 Å². The van der Waals surface area contributed by atoms with Crippen molar-refractivity contribution in [2.24, 2.45) is 0 Å². The highest BCUT2D eigenvalue weighted by Crippen LogP contribution is 2.19. The topological polar surface area (TPSA) is 50.1 Å². The third-order valence-electron chi connectivity index (χ3n) is 3.02. The van der Waals surface area contributed by atoms with Crippen molar-refractivity contribution in [1.29, 1.82) is 0 Å². The van der Waals surface area contributed by atoms with Gasteiger partial charge in [-0.3, -0.25) is 0 Å². The maximum Gasteiger partial charge on any atom is 0.0946 e. The van der Waals surface area contributed by atoms with Crippen molar-refractivity contribution in [3.05, 3.63) is 18.7 Å². The molecule has 4 heteroatoms. The van der Waals surface area contributed by atoms with Crippen LogP contribution in [-0.4, -0.2) is 32.8 Å². The summed E-state index contributed by atoms with van der Waals surface area (Å²) in [5.41, 5.74) is 0. The second-order valence-corrected chi connectivity index (χ2v) is 4.43. The molecule has 4 nitrogen and oxygen atoms in total. The third-order valence-corrected chi connectivity index (χ3v) is 3.02. The van der Waals surface area contributed by atoms with Gasteiger partial charge in [-0.15, -0.1) is 0 Å². The Morgan fingerprint density at radius 1 is 1.60 bits per heavy atom. The van der Waals surface area contributed by atoms with E-state index in [4.69, 9.17) is 0 Å². The average Bonchev–Trinajstić information content (AvgIpc) is 2.79. The molecule has 3 unspecified atom stereocenters. The molecule has 84 valence electrons. The first-order valence-corrected chi connectivity index (χ1v) is 5.65. The molecule has 15 heavy (non-hydrogen) atoms. The van der Waals surface area contributed by atoms with Crippen LogP contribution in [0.15, 0.2) is 18.7 Å². The van der Waals surface area contributed by atoms with Crippen molar-refractivity contribution in [2.45, 2.75) is 50.9 Å². The fourth-order valence-electron chi connectivity index (χ4n) is 2.26. The number of aliphatic hydroxyl groups is 1. The van der Waals surface area contributed by atoms with Crippen molar-refractivity contribution >= 4 is 0 Å². The smallest absolute Gasteiger partial charge is 0.0946 e. The lowest BCUT2D eigenvalue weighted by molar-refractivity contribution is 0.142. The predicted octanol–water partition coefficient (Wildman–Crippen LogP) is 0.775.